The summed E-state index contributed by atoms with van der Waals surface area (Å²) < 4.78 is 116. The minimum Gasteiger partial charge on any atom is -0.481 e. The van der Waals surface area contributed by atoms with Crippen LogP contribution in [0.25, 0.3) is 10.2 Å². The minimum absolute atomic E-state index is 0.0221. The van der Waals surface area contributed by atoms with Gasteiger partial charge >= 0.3 is 24.3 Å². The first kappa shape index (κ1) is 62.0. The Labute approximate surface area is 484 Å². The first-order chi connectivity index (χ1) is 39.7. The molecule has 1 aromatic heterocycles. The highest BCUT2D eigenvalue weighted by Gasteiger charge is 2.62. The van der Waals surface area contributed by atoms with E-state index in [-0.39, 0.29) is 80.4 Å². The van der Waals surface area contributed by atoms with E-state index >= 15 is 0 Å². The first-order valence-electron chi connectivity index (χ1n) is 28.6. The number of aromatic nitrogens is 1. The number of hydrogen-bond acceptors (Lipinski definition) is 10. The van der Waals surface area contributed by atoms with Gasteiger partial charge in [0, 0.05) is 44.1 Å². The molecule has 0 unspecified atom stereocenters. The molecule has 22 heteroatoms. The number of ether oxygens (including phenoxy) is 1. The van der Waals surface area contributed by atoms with E-state index in [1.54, 1.807) is 0 Å². The SMILES string of the molecule is Cc1ccc2nc(O[C@@H]3C[C@H]4C(=O)C[C@]5(C(=O)O)C[C@H]5/C=C\CCCCC[C@H](Cc5cc(F)cc(C(F)(F)F)c5)C(=O)N4C3)sc2c1.O=C1C[C@]2(C(=O)O)C[C@H]2/C=C\CCCCC[C@H](Cc2cc(F)cc(C(F)(F)F)c2)C(=O)N2C[C@H](O)C[C@@H]12. The number of hydrogen-bond donors (Lipinski definition) is 3. The number of benzene rings is 3. The quantitative estimate of drug-likeness (QED) is 0.112. The van der Waals surface area contributed by atoms with Gasteiger partial charge in [-0.15, -0.1) is 0 Å². The first-order valence-corrected chi connectivity index (χ1v) is 29.5. The molecule has 0 radical (unpaired) electrons. The number of aryl methyl sites for hydroxylation is 1. The summed E-state index contributed by atoms with van der Waals surface area (Å²) in [5.74, 6) is -8.14. The summed E-state index contributed by atoms with van der Waals surface area (Å²) in [6.45, 7) is 1.88. The largest absolute Gasteiger partial charge is 0.481 e. The van der Waals surface area contributed by atoms with Crippen LogP contribution < -0.4 is 4.74 Å². The number of Topliss-reactive ketones (excluding diaryl/α,β-unsaturated/α-hetero) is 2. The monoisotopic (exact) mass is 1200 g/mol. The number of aliphatic hydroxyl groups excluding tert-OH is 1. The van der Waals surface area contributed by atoms with Crippen molar-refractivity contribution in [3.05, 3.63) is 118 Å². The van der Waals surface area contributed by atoms with Gasteiger partial charge in [-0.3, -0.25) is 28.8 Å². The van der Waals surface area contributed by atoms with Crippen molar-refractivity contribution in [2.75, 3.05) is 13.1 Å². The number of fused-ring (bicyclic) bond motifs is 5. The van der Waals surface area contributed by atoms with Gasteiger partial charge in [0.1, 0.15) is 17.7 Å². The molecule has 2 saturated heterocycles. The fourth-order valence-electron chi connectivity index (χ4n) is 12.8. The number of alkyl halides is 6. The number of amides is 2. The van der Waals surface area contributed by atoms with E-state index < -0.39 is 112 Å². The van der Waals surface area contributed by atoms with E-state index in [9.17, 15) is 79.2 Å². The highest BCUT2D eigenvalue weighted by Crippen LogP contribution is 2.58. The van der Waals surface area contributed by atoms with Gasteiger partial charge in [0.05, 0.1) is 56.9 Å². The maximum atomic E-state index is 14.3. The molecule has 4 aromatic rings. The smallest absolute Gasteiger partial charge is 0.416 e. The number of halogens is 8. The normalized spacial score (nSPS) is 29.8. The number of carbonyl (C=O) groups is 6. The van der Waals surface area contributed by atoms with Crippen LogP contribution >= 0.6 is 11.3 Å². The highest BCUT2D eigenvalue weighted by molar-refractivity contribution is 7.20. The Hall–Kier alpha value is -6.55. The van der Waals surface area contributed by atoms with Gasteiger partial charge in [-0.25, -0.2) is 13.8 Å². The second-order valence-electron chi connectivity index (χ2n) is 23.8. The van der Waals surface area contributed by atoms with E-state index in [0.717, 1.165) is 65.7 Å². The van der Waals surface area contributed by atoms with Gasteiger partial charge in [0.2, 0.25) is 11.8 Å². The standard InChI is InChI=1S/C35H36F4N2O5S.C27H31F4NO5/c1-20-9-10-27-30(11-20)47-33(40-27)46-26-16-28-29(42)18-34(32(44)45)17-23(34)8-6-4-2-3-5-7-22(31(43)41(28)19-26)12-21-13-24(35(37,38)39)15-25(36)14-21;28-20-10-16(9-19(11-20)27(29,30)31)8-17-6-4-2-1-3-5-7-18-13-26(18,25(36)37)14-23(34)22-12-21(33)15-32(22)24(17)35/h6,8-11,13-15,22-23,26,28H,2-5,7,12,16-19H2,1H3,(H,44,45);5,7,9-11,17-18,21-22,33H,1-4,6,8,12-15H2,(H,36,37)/b8-6-;7-5-/t22-,23-,26-,28+,34-;17-,18-,21-,22+,26-/m11/s1. The fraction of sp³-hybridized carbons (Fsp3) is 0.532. The maximum absolute atomic E-state index is 14.3. The Morgan fingerprint density at radius 3 is 1.64 bits per heavy atom. The van der Waals surface area contributed by atoms with Gasteiger partial charge in [-0.2, -0.15) is 26.3 Å². The van der Waals surface area contributed by atoms with E-state index in [0.29, 0.717) is 68.7 Å². The Balaban J connectivity index is 0.000000208. The van der Waals surface area contributed by atoms with Crippen LogP contribution in [0.3, 0.4) is 0 Å². The summed E-state index contributed by atoms with van der Waals surface area (Å²) in [4.78, 5) is 86.8. The third-order valence-electron chi connectivity index (χ3n) is 17.6. The van der Waals surface area contributed by atoms with Crippen LogP contribution in [0.15, 0.2) is 78.9 Å². The fourth-order valence-corrected chi connectivity index (χ4v) is 13.8. The third-order valence-corrected chi connectivity index (χ3v) is 18.5. The number of rotatable bonds is 8. The summed E-state index contributed by atoms with van der Waals surface area (Å²) in [6, 6.07) is 8.36. The Kier molecular flexibility index (Phi) is 18.6. The molecule has 2 aliphatic carbocycles. The van der Waals surface area contributed by atoms with Crippen molar-refractivity contribution in [1.82, 2.24) is 14.8 Å². The molecule has 10 rings (SSSR count). The Morgan fingerprint density at radius 2 is 1.15 bits per heavy atom. The molecule has 0 bridgehead atoms. The van der Waals surface area contributed by atoms with Gasteiger partial charge in [-0.05, 0) is 148 Å². The van der Waals surface area contributed by atoms with E-state index in [1.807, 2.05) is 49.4 Å². The zero-order valence-electron chi connectivity index (χ0n) is 46.2. The van der Waals surface area contributed by atoms with Crippen molar-refractivity contribution in [2.24, 2.45) is 34.5 Å². The van der Waals surface area contributed by atoms with Crippen LogP contribution in [0.1, 0.15) is 131 Å². The molecule has 4 fully saturated rings. The molecule has 6 aliphatic rings. The van der Waals surface area contributed by atoms with Crippen LogP contribution in [0.5, 0.6) is 5.19 Å². The van der Waals surface area contributed by atoms with Crippen molar-refractivity contribution >= 4 is 56.9 Å². The predicted octanol–water partition coefficient (Wildman–Crippen LogP) is 12.1. The molecule has 4 aliphatic heterocycles. The van der Waals surface area contributed by atoms with E-state index in [4.69, 9.17) is 4.74 Å². The van der Waals surface area contributed by atoms with Crippen molar-refractivity contribution in [3.8, 4) is 5.19 Å². The van der Waals surface area contributed by atoms with Crippen molar-refractivity contribution in [3.63, 3.8) is 0 Å². The van der Waals surface area contributed by atoms with Gasteiger partial charge < -0.3 is 29.9 Å². The number of nitrogens with zero attached hydrogens (tertiary/aromatic N) is 3. The molecule has 84 heavy (non-hydrogen) atoms. The molecule has 2 saturated carbocycles. The van der Waals surface area contributed by atoms with Crippen LogP contribution in [0, 0.1) is 53.1 Å². The molecular weight excluding hydrogens is 1130 g/mol. The summed E-state index contributed by atoms with van der Waals surface area (Å²) in [6.07, 6.45) is 2.80. The number of allylic oxidation sites excluding steroid dienone is 4. The molecule has 10 atom stereocenters. The Bertz CT molecular complexity index is 3220. The van der Waals surface area contributed by atoms with Crippen molar-refractivity contribution in [1.29, 1.82) is 0 Å². The second kappa shape index (κ2) is 25.2. The lowest BCUT2D eigenvalue weighted by Crippen LogP contribution is -2.45. The lowest BCUT2D eigenvalue weighted by molar-refractivity contribution is -0.148. The van der Waals surface area contributed by atoms with Crippen LogP contribution in [-0.4, -0.2) is 103 Å². The lowest BCUT2D eigenvalue weighted by Gasteiger charge is -2.29. The number of ketones is 2. The topological polar surface area (TPSA) is 192 Å². The van der Waals surface area contributed by atoms with Crippen LogP contribution in [0.2, 0.25) is 0 Å². The lowest BCUT2D eigenvalue weighted by atomic mass is 9.90. The molecule has 5 heterocycles. The number of carbonyl (C=O) groups excluding carboxylic acids is 4. The second-order valence-corrected chi connectivity index (χ2v) is 24.8. The van der Waals surface area contributed by atoms with Crippen molar-refractivity contribution < 1.29 is 83.9 Å². The van der Waals surface area contributed by atoms with Crippen molar-refractivity contribution in [2.45, 2.75) is 159 Å². The molecule has 3 N–H and O–H groups in total. The molecule has 3 aromatic carbocycles. The number of thiazole rings is 1. The Morgan fingerprint density at radius 1 is 0.667 bits per heavy atom. The minimum atomic E-state index is -4.76. The van der Waals surface area contributed by atoms with Gasteiger partial charge in [0.15, 0.2) is 11.6 Å². The summed E-state index contributed by atoms with van der Waals surface area (Å²) in [5, 5.41) is 30.6. The summed E-state index contributed by atoms with van der Waals surface area (Å²) in [5.41, 5.74) is -2.84. The average molecular weight is 1200 g/mol. The summed E-state index contributed by atoms with van der Waals surface area (Å²) >= 11 is 1.34. The van der Waals surface area contributed by atoms with Crippen LogP contribution in [-0.2, 0) is 54.0 Å². The molecule has 452 valence electrons. The van der Waals surface area contributed by atoms with E-state index in [1.165, 1.54) is 21.1 Å². The zero-order chi connectivity index (χ0) is 60.5. The number of aliphatic carboxylic acids is 2. The summed E-state index contributed by atoms with van der Waals surface area (Å²) in [7, 11) is 0. The molecule has 0 spiro atoms. The van der Waals surface area contributed by atoms with E-state index in [2.05, 4.69) is 4.98 Å². The van der Waals surface area contributed by atoms with Gasteiger partial charge in [-0.1, -0.05) is 67.4 Å². The average Bonchev–Trinajstić information content (AvgIpc) is 2.04. The number of carboxylic acid groups (broad SMARTS) is 2. The predicted molar refractivity (Wildman–Crippen MR) is 292 cm³/mol. The number of aliphatic hydroxyl groups is 1. The van der Waals surface area contributed by atoms with Crippen LogP contribution in [0.4, 0.5) is 35.1 Å². The third kappa shape index (κ3) is 14.4. The number of carboxylic acids is 2. The molecule has 2 amide bonds. The van der Waals surface area contributed by atoms with Gasteiger partial charge in [0.25, 0.3) is 5.19 Å². The molecular formula is C62H67F8N3O10S. The molecule has 13 nitrogen and oxygen atoms in total. The highest BCUT2D eigenvalue weighted by atomic mass is 32.1. The maximum Gasteiger partial charge on any atom is 0.416 e. The zero-order valence-corrected chi connectivity index (χ0v) is 47.1.